The molecule has 0 saturated heterocycles. The molecule has 2 rings (SSSR count). The van der Waals surface area contributed by atoms with E-state index in [1.165, 1.54) is 31.4 Å². The van der Waals surface area contributed by atoms with Crippen molar-refractivity contribution in [2.45, 2.75) is 31.2 Å². The highest BCUT2D eigenvalue weighted by Crippen LogP contribution is 2.21. The number of sulfonamides is 1. The molecule has 0 heterocycles. The van der Waals surface area contributed by atoms with Crippen molar-refractivity contribution in [2.75, 3.05) is 13.7 Å². The zero-order chi connectivity index (χ0) is 20.0. The summed E-state index contributed by atoms with van der Waals surface area (Å²) in [6, 6.07) is 10.5. The van der Waals surface area contributed by atoms with Crippen LogP contribution in [0.2, 0.25) is 0 Å². The van der Waals surface area contributed by atoms with Gasteiger partial charge in [0.05, 0.1) is 18.0 Å². The van der Waals surface area contributed by atoms with Crippen molar-refractivity contribution in [3.63, 3.8) is 0 Å². The number of aryl methyl sites for hydroxylation is 1. The third-order valence-corrected chi connectivity index (χ3v) is 5.51. The summed E-state index contributed by atoms with van der Waals surface area (Å²) < 4.78 is 45.4. The number of methoxy groups -OCH3 is 1. The molecule has 2 aromatic carbocycles. The summed E-state index contributed by atoms with van der Waals surface area (Å²) in [5.41, 5.74) is 1.54. The number of carbonyl (C=O) groups is 1. The first kappa shape index (κ1) is 20.9. The minimum absolute atomic E-state index is 0.0337. The average Bonchev–Trinajstić information content (AvgIpc) is 2.61. The van der Waals surface area contributed by atoms with Crippen molar-refractivity contribution in [1.82, 2.24) is 10.0 Å². The van der Waals surface area contributed by atoms with Crippen molar-refractivity contribution in [1.29, 1.82) is 0 Å². The summed E-state index contributed by atoms with van der Waals surface area (Å²) >= 11 is 0. The molecular formula is C19H23FN2O4S. The number of hydrogen-bond acceptors (Lipinski definition) is 4. The minimum atomic E-state index is -3.66. The fourth-order valence-corrected chi connectivity index (χ4v) is 3.48. The largest absolute Gasteiger partial charge is 0.494 e. The topological polar surface area (TPSA) is 84.5 Å². The number of rotatable bonds is 8. The van der Waals surface area contributed by atoms with Gasteiger partial charge < -0.3 is 10.1 Å². The van der Waals surface area contributed by atoms with E-state index in [9.17, 15) is 17.6 Å². The fraction of sp³-hybridized carbons (Fsp3) is 0.316. The Hall–Kier alpha value is -2.45. The summed E-state index contributed by atoms with van der Waals surface area (Å²) in [7, 11) is -2.28. The normalized spacial score (nSPS) is 12.4. The van der Waals surface area contributed by atoms with E-state index in [2.05, 4.69) is 10.0 Å². The van der Waals surface area contributed by atoms with Gasteiger partial charge in [-0.1, -0.05) is 23.8 Å². The van der Waals surface area contributed by atoms with Crippen LogP contribution in [-0.2, 0) is 14.8 Å². The van der Waals surface area contributed by atoms with E-state index in [1.807, 2.05) is 6.92 Å². The molecule has 146 valence electrons. The maximum atomic E-state index is 13.8. The summed E-state index contributed by atoms with van der Waals surface area (Å²) in [6.07, 6.45) is -0.0337. The van der Waals surface area contributed by atoms with Gasteiger partial charge in [0.25, 0.3) is 0 Å². The van der Waals surface area contributed by atoms with Crippen LogP contribution in [0.1, 0.15) is 30.5 Å². The molecule has 0 bridgehead atoms. The monoisotopic (exact) mass is 394 g/mol. The van der Waals surface area contributed by atoms with Crippen molar-refractivity contribution < 1.29 is 22.3 Å². The second-order valence-electron chi connectivity index (χ2n) is 6.14. The van der Waals surface area contributed by atoms with Crippen LogP contribution in [0.4, 0.5) is 4.39 Å². The molecule has 0 aliphatic rings. The smallest absolute Gasteiger partial charge is 0.240 e. The number of benzene rings is 2. The van der Waals surface area contributed by atoms with Crippen LogP contribution in [0.5, 0.6) is 5.75 Å². The Bertz CT molecular complexity index is 898. The maximum Gasteiger partial charge on any atom is 0.240 e. The molecule has 6 nitrogen and oxygen atoms in total. The summed E-state index contributed by atoms with van der Waals surface area (Å²) in [5, 5.41) is 2.71. The highest BCUT2D eigenvalue weighted by molar-refractivity contribution is 7.89. The lowest BCUT2D eigenvalue weighted by atomic mass is 10.1. The van der Waals surface area contributed by atoms with Crippen LogP contribution < -0.4 is 14.8 Å². The molecule has 27 heavy (non-hydrogen) atoms. The molecule has 8 heteroatoms. The van der Waals surface area contributed by atoms with E-state index in [1.54, 1.807) is 25.1 Å². The van der Waals surface area contributed by atoms with Gasteiger partial charge in [0.15, 0.2) is 11.6 Å². The second kappa shape index (κ2) is 8.96. The van der Waals surface area contributed by atoms with Gasteiger partial charge in [-0.3, -0.25) is 4.79 Å². The van der Waals surface area contributed by atoms with Crippen LogP contribution in [0.25, 0.3) is 0 Å². The van der Waals surface area contributed by atoms with E-state index in [0.717, 1.165) is 5.56 Å². The molecule has 0 saturated carbocycles. The Morgan fingerprint density at radius 3 is 2.44 bits per heavy atom. The van der Waals surface area contributed by atoms with E-state index in [4.69, 9.17) is 4.74 Å². The van der Waals surface area contributed by atoms with Gasteiger partial charge in [-0.2, -0.15) is 0 Å². The van der Waals surface area contributed by atoms with Gasteiger partial charge >= 0.3 is 0 Å². The number of ether oxygens (including phenoxy) is 1. The Labute approximate surface area is 158 Å². The van der Waals surface area contributed by atoms with Gasteiger partial charge in [-0.15, -0.1) is 0 Å². The van der Waals surface area contributed by atoms with Gasteiger partial charge in [-0.25, -0.2) is 17.5 Å². The molecule has 0 aliphatic heterocycles. The molecule has 1 atom stereocenters. The molecule has 0 radical (unpaired) electrons. The fourth-order valence-electron chi connectivity index (χ4n) is 2.45. The molecular weight excluding hydrogens is 371 g/mol. The summed E-state index contributed by atoms with van der Waals surface area (Å²) in [6.45, 7) is 3.55. The minimum Gasteiger partial charge on any atom is -0.494 e. The first-order valence-electron chi connectivity index (χ1n) is 8.42. The third kappa shape index (κ3) is 5.77. The standard InChI is InChI=1S/C19H23FN2O4S/c1-13-4-7-16(8-5-13)27(24,25)21-11-10-19(23)22-14(2)15-6-9-18(26-3)17(20)12-15/h4-9,12,14,21H,10-11H2,1-3H3,(H,22,23)/t14-/m0/s1. The van der Waals surface area contributed by atoms with Crippen LogP contribution in [0, 0.1) is 12.7 Å². The van der Waals surface area contributed by atoms with Crippen LogP contribution in [0.15, 0.2) is 47.4 Å². The molecule has 0 aliphatic carbocycles. The SMILES string of the molecule is COc1ccc([C@H](C)NC(=O)CCNS(=O)(=O)c2ccc(C)cc2)cc1F. The first-order valence-corrected chi connectivity index (χ1v) is 9.90. The van der Waals surface area contributed by atoms with E-state index in [-0.39, 0.29) is 29.5 Å². The number of amides is 1. The van der Waals surface area contributed by atoms with E-state index >= 15 is 0 Å². The van der Waals surface area contributed by atoms with Crippen molar-refractivity contribution in [3.05, 3.63) is 59.4 Å². The molecule has 2 aromatic rings. The lowest BCUT2D eigenvalue weighted by Crippen LogP contribution is -2.32. The predicted molar refractivity (Wildman–Crippen MR) is 100 cm³/mol. The van der Waals surface area contributed by atoms with Gasteiger partial charge in [0, 0.05) is 13.0 Å². The Morgan fingerprint density at radius 2 is 1.85 bits per heavy atom. The number of carbonyl (C=O) groups excluding carboxylic acids is 1. The lowest BCUT2D eigenvalue weighted by Gasteiger charge is -2.15. The lowest BCUT2D eigenvalue weighted by molar-refractivity contribution is -0.121. The van der Waals surface area contributed by atoms with Crippen molar-refractivity contribution in [3.8, 4) is 5.75 Å². The van der Waals surface area contributed by atoms with Gasteiger partial charge in [0.2, 0.25) is 15.9 Å². The van der Waals surface area contributed by atoms with Crippen LogP contribution >= 0.6 is 0 Å². The molecule has 0 unspecified atom stereocenters. The zero-order valence-corrected chi connectivity index (χ0v) is 16.3. The molecule has 0 aromatic heterocycles. The van der Waals surface area contributed by atoms with E-state index in [0.29, 0.717) is 5.56 Å². The Morgan fingerprint density at radius 1 is 1.19 bits per heavy atom. The molecule has 1 amide bonds. The second-order valence-corrected chi connectivity index (χ2v) is 7.91. The number of hydrogen-bond donors (Lipinski definition) is 2. The summed E-state index contributed by atoms with van der Waals surface area (Å²) in [4.78, 5) is 12.2. The van der Waals surface area contributed by atoms with Gasteiger partial charge in [0.1, 0.15) is 0 Å². The molecule has 0 fully saturated rings. The Balaban J connectivity index is 1.87. The van der Waals surface area contributed by atoms with Crippen molar-refractivity contribution >= 4 is 15.9 Å². The highest BCUT2D eigenvalue weighted by atomic mass is 32.2. The average molecular weight is 394 g/mol. The highest BCUT2D eigenvalue weighted by Gasteiger charge is 2.15. The quantitative estimate of drug-likeness (QED) is 0.721. The maximum absolute atomic E-state index is 13.8. The van der Waals surface area contributed by atoms with Crippen molar-refractivity contribution in [2.24, 2.45) is 0 Å². The Kier molecular flexibility index (Phi) is 6.92. The number of halogens is 1. The number of nitrogens with one attached hydrogen (secondary N) is 2. The molecule has 0 spiro atoms. The third-order valence-electron chi connectivity index (χ3n) is 4.03. The summed E-state index contributed by atoms with van der Waals surface area (Å²) in [5.74, 6) is -0.727. The first-order chi connectivity index (χ1) is 12.7. The zero-order valence-electron chi connectivity index (χ0n) is 15.5. The molecule has 2 N–H and O–H groups in total. The van der Waals surface area contributed by atoms with Crippen LogP contribution in [0.3, 0.4) is 0 Å². The van der Waals surface area contributed by atoms with Crippen LogP contribution in [-0.4, -0.2) is 28.0 Å². The predicted octanol–water partition coefficient (Wildman–Crippen LogP) is 2.69. The van der Waals surface area contributed by atoms with E-state index < -0.39 is 21.9 Å². The van der Waals surface area contributed by atoms with Gasteiger partial charge in [-0.05, 0) is 43.7 Å².